The van der Waals surface area contributed by atoms with Crippen molar-refractivity contribution in [1.29, 1.82) is 0 Å². The Morgan fingerprint density at radius 2 is 1.93 bits per heavy atom. The van der Waals surface area contributed by atoms with Gasteiger partial charge in [0, 0.05) is 12.3 Å². The third-order valence-electron chi connectivity index (χ3n) is 6.91. The summed E-state index contributed by atoms with van der Waals surface area (Å²) >= 11 is 0. The molecule has 0 aromatic heterocycles. The molecular formula is C26H34O3. The normalized spacial score (nSPS) is 37.5. The lowest BCUT2D eigenvalue weighted by Gasteiger charge is -2.40. The van der Waals surface area contributed by atoms with Gasteiger partial charge in [-0.05, 0) is 86.7 Å². The van der Waals surface area contributed by atoms with Crippen molar-refractivity contribution < 1.29 is 15.3 Å². The van der Waals surface area contributed by atoms with Gasteiger partial charge in [0.1, 0.15) is 5.60 Å². The van der Waals surface area contributed by atoms with Crippen LogP contribution in [0.25, 0.3) is 0 Å². The highest BCUT2D eigenvalue weighted by molar-refractivity contribution is 5.39. The molecule has 0 saturated heterocycles. The molecule has 0 bridgehead atoms. The van der Waals surface area contributed by atoms with Gasteiger partial charge in [-0.3, -0.25) is 0 Å². The zero-order valence-corrected chi connectivity index (χ0v) is 18.0. The van der Waals surface area contributed by atoms with Gasteiger partial charge in [-0.15, -0.1) is 0 Å². The smallest absolute Gasteiger partial charge is 0.120 e. The maximum Gasteiger partial charge on any atom is 0.120 e. The van der Waals surface area contributed by atoms with Crippen LogP contribution in [0.4, 0.5) is 0 Å². The summed E-state index contributed by atoms with van der Waals surface area (Å²) in [6.07, 6.45) is 9.74. The number of hydrogen-bond donors (Lipinski definition) is 3. The minimum absolute atomic E-state index is 0.161. The van der Waals surface area contributed by atoms with Gasteiger partial charge in [0.25, 0.3) is 0 Å². The second-order valence-corrected chi connectivity index (χ2v) is 9.69. The Hall–Kier alpha value is -1.78. The van der Waals surface area contributed by atoms with Crippen molar-refractivity contribution >= 4 is 0 Å². The van der Waals surface area contributed by atoms with Crippen molar-refractivity contribution in [2.75, 3.05) is 0 Å². The van der Waals surface area contributed by atoms with E-state index in [-0.39, 0.29) is 5.41 Å². The van der Waals surface area contributed by atoms with E-state index in [0.717, 1.165) is 36.8 Å². The Morgan fingerprint density at radius 3 is 2.66 bits per heavy atom. The van der Waals surface area contributed by atoms with E-state index in [1.165, 1.54) is 12.0 Å². The molecule has 0 aromatic carbocycles. The molecule has 0 spiro atoms. The molecule has 29 heavy (non-hydrogen) atoms. The zero-order chi connectivity index (χ0) is 21.2. The van der Waals surface area contributed by atoms with Gasteiger partial charge in [-0.1, -0.05) is 43.1 Å². The van der Waals surface area contributed by atoms with E-state index >= 15 is 0 Å². The summed E-state index contributed by atoms with van der Waals surface area (Å²) in [5.41, 5.74) is 2.32. The fourth-order valence-corrected chi connectivity index (χ4v) is 5.25. The molecule has 3 aliphatic carbocycles. The first-order chi connectivity index (χ1) is 13.6. The monoisotopic (exact) mass is 394 g/mol. The minimum atomic E-state index is -1.00. The van der Waals surface area contributed by atoms with Gasteiger partial charge in [0.2, 0.25) is 0 Å². The van der Waals surface area contributed by atoms with Gasteiger partial charge in [0.05, 0.1) is 12.2 Å². The second kappa shape index (κ2) is 8.53. The zero-order valence-electron chi connectivity index (χ0n) is 18.0. The van der Waals surface area contributed by atoms with Crippen LogP contribution in [0.3, 0.4) is 0 Å². The minimum Gasteiger partial charge on any atom is -0.393 e. The molecule has 0 aliphatic heterocycles. The van der Waals surface area contributed by atoms with Crippen molar-refractivity contribution in [2.24, 2.45) is 17.3 Å². The maximum absolute atomic E-state index is 10.1. The molecule has 3 nitrogen and oxygen atoms in total. The Bertz CT molecular complexity index is 833. The molecule has 3 aliphatic rings. The molecule has 156 valence electrons. The summed E-state index contributed by atoms with van der Waals surface area (Å²) in [5, 5.41) is 29.8. The Kier molecular flexibility index (Phi) is 6.45. The molecule has 3 fully saturated rings. The van der Waals surface area contributed by atoms with Crippen LogP contribution >= 0.6 is 0 Å². The van der Waals surface area contributed by atoms with Crippen LogP contribution in [0.15, 0.2) is 35.5 Å². The molecular weight excluding hydrogens is 360 g/mol. The summed E-state index contributed by atoms with van der Waals surface area (Å²) in [6.45, 7) is 9.71. The highest BCUT2D eigenvalue weighted by Gasteiger charge is 2.48. The lowest BCUT2D eigenvalue weighted by molar-refractivity contribution is 0.0862. The van der Waals surface area contributed by atoms with Crippen LogP contribution in [0.5, 0.6) is 0 Å². The lowest BCUT2D eigenvalue weighted by atomic mass is 9.63. The van der Waals surface area contributed by atoms with E-state index in [1.54, 1.807) is 13.8 Å². The molecule has 3 N–H and O–H groups in total. The molecule has 0 aromatic rings. The van der Waals surface area contributed by atoms with Crippen molar-refractivity contribution in [1.82, 2.24) is 0 Å². The first kappa shape index (κ1) is 21.9. The van der Waals surface area contributed by atoms with Crippen LogP contribution in [-0.2, 0) is 0 Å². The highest BCUT2D eigenvalue weighted by atomic mass is 16.3. The fourth-order valence-electron chi connectivity index (χ4n) is 5.25. The maximum atomic E-state index is 10.1. The molecule has 0 amide bonds. The summed E-state index contributed by atoms with van der Waals surface area (Å²) in [5.74, 6) is 12.8. The van der Waals surface area contributed by atoms with Crippen molar-refractivity contribution in [2.45, 2.75) is 83.5 Å². The van der Waals surface area contributed by atoms with Crippen molar-refractivity contribution in [3.8, 4) is 23.7 Å². The van der Waals surface area contributed by atoms with Crippen molar-refractivity contribution in [3.63, 3.8) is 0 Å². The van der Waals surface area contributed by atoms with E-state index < -0.39 is 17.8 Å². The highest BCUT2D eigenvalue weighted by Crippen LogP contribution is 2.57. The number of fused-ring (bicyclic) bond motifs is 1. The average molecular weight is 395 g/mol. The third-order valence-corrected chi connectivity index (χ3v) is 6.91. The number of aliphatic hydroxyl groups excluding tert-OH is 2. The topological polar surface area (TPSA) is 60.7 Å². The molecule has 3 rings (SSSR count). The predicted octanol–water partition coefficient (Wildman–Crippen LogP) is 3.91. The molecule has 0 heterocycles. The summed E-state index contributed by atoms with van der Waals surface area (Å²) in [6, 6.07) is 0. The third kappa shape index (κ3) is 5.04. The first-order valence-corrected chi connectivity index (χ1v) is 10.8. The molecule has 5 unspecified atom stereocenters. The summed E-state index contributed by atoms with van der Waals surface area (Å²) in [7, 11) is 0. The SMILES string of the molecule is C=C1C(=CC=C2CCCC3(C)C(C#CC#CC(C)(C)O)CCC23)CC(O)CC1O. The second-order valence-electron chi connectivity index (χ2n) is 9.69. The summed E-state index contributed by atoms with van der Waals surface area (Å²) < 4.78 is 0. The Labute approximate surface area is 175 Å². The number of hydrogen-bond acceptors (Lipinski definition) is 3. The summed E-state index contributed by atoms with van der Waals surface area (Å²) in [4.78, 5) is 0. The largest absolute Gasteiger partial charge is 0.393 e. The predicted molar refractivity (Wildman–Crippen MR) is 117 cm³/mol. The molecule has 0 radical (unpaired) electrons. The van der Waals surface area contributed by atoms with Gasteiger partial charge in [0.15, 0.2) is 0 Å². The average Bonchev–Trinajstić information content (AvgIpc) is 2.96. The van der Waals surface area contributed by atoms with Gasteiger partial charge in [-0.25, -0.2) is 0 Å². The van der Waals surface area contributed by atoms with Gasteiger partial charge >= 0.3 is 0 Å². The Morgan fingerprint density at radius 1 is 1.17 bits per heavy atom. The lowest BCUT2D eigenvalue weighted by Crippen LogP contribution is -2.32. The number of rotatable bonds is 1. The fraction of sp³-hybridized carbons (Fsp3) is 0.615. The molecule has 3 saturated carbocycles. The van der Waals surface area contributed by atoms with E-state index in [9.17, 15) is 15.3 Å². The Balaban J connectivity index is 1.78. The van der Waals surface area contributed by atoms with Crippen LogP contribution in [0, 0.1) is 40.9 Å². The molecule has 5 atom stereocenters. The van der Waals surface area contributed by atoms with Crippen LogP contribution in [0.1, 0.15) is 65.7 Å². The van der Waals surface area contributed by atoms with Crippen LogP contribution in [0.2, 0.25) is 0 Å². The van der Waals surface area contributed by atoms with Crippen LogP contribution in [-0.4, -0.2) is 33.1 Å². The quantitative estimate of drug-likeness (QED) is 0.591. The van der Waals surface area contributed by atoms with E-state index in [1.807, 2.05) is 0 Å². The number of allylic oxidation sites excluding steroid dienone is 3. The van der Waals surface area contributed by atoms with Crippen molar-refractivity contribution in [3.05, 3.63) is 35.5 Å². The molecule has 3 heteroatoms. The number of aliphatic hydroxyl groups is 3. The van der Waals surface area contributed by atoms with E-state index in [0.29, 0.717) is 24.7 Å². The van der Waals surface area contributed by atoms with Crippen LogP contribution < -0.4 is 0 Å². The van der Waals surface area contributed by atoms with Gasteiger partial charge in [-0.2, -0.15) is 0 Å². The van der Waals surface area contributed by atoms with E-state index in [4.69, 9.17) is 0 Å². The first-order valence-electron chi connectivity index (χ1n) is 10.8. The van der Waals surface area contributed by atoms with Gasteiger partial charge < -0.3 is 15.3 Å². The van der Waals surface area contributed by atoms with E-state index in [2.05, 4.69) is 49.3 Å². The standard InChI is InChI=1S/C26H34O3/c1-18-20(16-22(27)17-24(18)28)11-10-19-8-7-15-26(4)21(12-13-23(19)26)9-5-6-14-25(2,3)29/h10-11,21-24,27-29H,1,7-8,12-13,15-17H2,2-4H3.